The Labute approximate surface area is 102 Å². The number of hydrogen-bond donors (Lipinski definition) is 1. The lowest BCUT2D eigenvalue weighted by atomic mass is 9.98. The van der Waals surface area contributed by atoms with Crippen molar-refractivity contribution in [2.45, 2.75) is 51.2 Å². The largest absolute Gasteiger partial charge is 0.311 e. The van der Waals surface area contributed by atoms with Gasteiger partial charge in [-0.25, -0.2) is 0 Å². The molecule has 1 aliphatic heterocycles. The summed E-state index contributed by atoms with van der Waals surface area (Å²) in [6, 6.07) is 1.81. The molecule has 4 atom stereocenters. The Hall–Kier alpha value is 0.0700. The number of nitrogens with one attached hydrogen (secondary N) is 1. The van der Waals surface area contributed by atoms with Crippen LogP contribution in [0.25, 0.3) is 0 Å². The summed E-state index contributed by atoms with van der Waals surface area (Å²) in [5.74, 6) is 0.816. The molecule has 0 amide bonds. The molecule has 1 fully saturated rings. The van der Waals surface area contributed by atoms with Gasteiger partial charge in [0.15, 0.2) is 0 Å². The topological polar surface area (TPSA) is 32.3 Å². The second-order valence-electron chi connectivity index (χ2n) is 5.18. The third-order valence-corrected chi connectivity index (χ3v) is 4.38. The van der Waals surface area contributed by atoms with E-state index in [1.54, 1.807) is 6.26 Å². The van der Waals surface area contributed by atoms with Crippen molar-refractivity contribution in [3.63, 3.8) is 0 Å². The van der Waals surface area contributed by atoms with E-state index in [-0.39, 0.29) is 0 Å². The van der Waals surface area contributed by atoms with Crippen LogP contribution in [0.3, 0.4) is 0 Å². The average molecular weight is 246 g/mol. The Bertz CT molecular complexity index is 235. The predicted molar refractivity (Wildman–Crippen MR) is 71.3 cm³/mol. The van der Waals surface area contributed by atoms with Gasteiger partial charge in [-0.1, -0.05) is 0 Å². The summed E-state index contributed by atoms with van der Waals surface area (Å²) in [4.78, 5) is 2.42. The van der Waals surface area contributed by atoms with Gasteiger partial charge < -0.3 is 10.2 Å². The van der Waals surface area contributed by atoms with E-state index in [2.05, 4.69) is 31.1 Å². The summed E-state index contributed by atoms with van der Waals surface area (Å²) in [6.07, 6.45) is 5.27. The van der Waals surface area contributed by atoms with E-state index in [1.807, 2.05) is 0 Å². The molecule has 1 heterocycles. The zero-order chi connectivity index (χ0) is 12.1. The highest BCUT2D eigenvalue weighted by molar-refractivity contribution is 7.84. The third-order valence-electron chi connectivity index (χ3n) is 3.57. The van der Waals surface area contributed by atoms with Crippen LogP contribution in [0.2, 0.25) is 0 Å². The van der Waals surface area contributed by atoms with Crippen molar-refractivity contribution in [3.8, 4) is 0 Å². The standard InChI is InChI=1S/C12H26N2OS/c1-10(6-8-16(4)15)13-12-5-7-14(3)11(2)9-12/h10-13H,5-9H2,1-4H3. The molecule has 0 aromatic heterocycles. The summed E-state index contributed by atoms with van der Waals surface area (Å²) in [5.41, 5.74) is 0. The van der Waals surface area contributed by atoms with Gasteiger partial charge in [0.05, 0.1) is 0 Å². The molecule has 0 aliphatic carbocycles. The number of likely N-dealkylation sites (tertiary alicyclic amines) is 1. The van der Waals surface area contributed by atoms with Crippen molar-refractivity contribution in [1.82, 2.24) is 10.2 Å². The molecule has 16 heavy (non-hydrogen) atoms. The molecule has 4 heteroatoms. The lowest BCUT2D eigenvalue weighted by Crippen LogP contribution is -2.48. The molecule has 96 valence electrons. The minimum absolute atomic E-state index is 0.490. The SMILES string of the molecule is CC(CCS(C)=O)NC1CCN(C)C(C)C1. The fraction of sp³-hybridized carbons (Fsp3) is 1.00. The first kappa shape index (κ1) is 14.1. The lowest BCUT2D eigenvalue weighted by molar-refractivity contribution is 0.163. The quantitative estimate of drug-likeness (QED) is 0.791. The van der Waals surface area contributed by atoms with E-state index in [4.69, 9.17) is 0 Å². The second kappa shape index (κ2) is 6.72. The van der Waals surface area contributed by atoms with E-state index < -0.39 is 10.8 Å². The zero-order valence-electron chi connectivity index (χ0n) is 11.0. The summed E-state index contributed by atoms with van der Waals surface area (Å²) in [6.45, 7) is 5.68. The first-order valence-electron chi connectivity index (χ1n) is 6.25. The van der Waals surface area contributed by atoms with Gasteiger partial charge in [-0.15, -0.1) is 0 Å². The minimum atomic E-state index is -0.654. The van der Waals surface area contributed by atoms with Gasteiger partial charge in [0.25, 0.3) is 0 Å². The highest BCUT2D eigenvalue weighted by Crippen LogP contribution is 2.16. The van der Waals surface area contributed by atoms with E-state index in [0.29, 0.717) is 18.1 Å². The van der Waals surface area contributed by atoms with Gasteiger partial charge in [0, 0.05) is 40.9 Å². The van der Waals surface area contributed by atoms with Gasteiger partial charge >= 0.3 is 0 Å². The molecular weight excluding hydrogens is 220 g/mol. The van der Waals surface area contributed by atoms with Crippen LogP contribution in [0.15, 0.2) is 0 Å². The predicted octanol–water partition coefficient (Wildman–Crippen LogP) is 1.22. The highest BCUT2D eigenvalue weighted by Gasteiger charge is 2.23. The van der Waals surface area contributed by atoms with Crippen LogP contribution >= 0.6 is 0 Å². The monoisotopic (exact) mass is 246 g/mol. The Morgan fingerprint density at radius 2 is 2.25 bits per heavy atom. The van der Waals surface area contributed by atoms with Crippen molar-refractivity contribution in [1.29, 1.82) is 0 Å². The molecule has 4 unspecified atom stereocenters. The number of hydrogen-bond acceptors (Lipinski definition) is 3. The Morgan fingerprint density at radius 1 is 1.56 bits per heavy atom. The number of nitrogens with zero attached hydrogens (tertiary/aromatic N) is 1. The van der Waals surface area contributed by atoms with Crippen molar-refractivity contribution in [2.75, 3.05) is 25.6 Å². The molecule has 0 radical (unpaired) electrons. The van der Waals surface area contributed by atoms with Crippen molar-refractivity contribution in [3.05, 3.63) is 0 Å². The van der Waals surface area contributed by atoms with Crippen molar-refractivity contribution < 1.29 is 4.21 Å². The molecule has 0 saturated carbocycles. The van der Waals surface area contributed by atoms with Gasteiger partial charge in [0.1, 0.15) is 0 Å². The van der Waals surface area contributed by atoms with Crippen molar-refractivity contribution >= 4 is 10.8 Å². The smallest absolute Gasteiger partial charge is 0.0246 e. The summed E-state index contributed by atoms with van der Waals surface area (Å²) >= 11 is 0. The summed E-state index contributed by atoms with van der Waals surface area (Å²) < 4.78 is 11.0. The maximum atomic E-state index is 11.0. The van der Waals surface area contributed by atoms with E-state index >= 15 is 0 Å². The molecule has 1 aliphatic rings. The molecule has 3 nitrogen and oxygen atoms in total. The normalized spacial score (nSPS) is 31.2. The van der Waals surface area contributed by atoms with Crippen LogP contribution in [0.5, 0.6) is 0 Å². The summed E-state index contributed by atoms with van der Waals surface area (Å²) in [7, 11) is 1.55. The van der Waals surface area contributed by atoms with Crippen LogP contribution < -0.4 is 5.32 Å². The molecule has 0 bridgehead atoms. The van der Waals surface area contributed by atoms with Crippen molar-refractivity contribution in [2.24, 2.45) is 0 Å². The van der Waals surface area contributed by atoms with E-state index in [1.165, 1.54) is 19.4 Å². The fourth-order valence-electron chi connectivity index (χ4n) is 2.27. The maximum Gasteiger partial charge on any atom is 0.0246 e. The van der Waals surface area contributed by atoms with Crippen LogP contribution in [0.1, 0.15) is 33.1 Å². The second-order valence-corrected chi connectivity index (χ2v) is 6.74. The van der Waals surface area contributed by atoms with Crippen LogP contribution in [-0.2, 0) is 10.8 Å². The van der Waals surface area contributed by atoms with Gasteiger partial charge in [-0.3, -0.25) is 4.21 Å². The minimum Gasteiger partial charge on any atom is -0.311 e. The van der Waals surface area contributed by atoms with Gasteiger partial charge in [-0.2, -0.15) is 0 Å². The van der Waals surface area contributed by atoms with Crippen LogP contribution in [-0.4, -0.2) is 52.8 Å². The van der Waals surface area contributed by atoms with Gasteiger partial charge in [-0.05, 0) is 46.7 Å². The summed E-state index contributed by atoms with van der Waals surface area (Å²) in [5, 5.41) is 3.66. The Morgan fingerprint density at radius 3 is 2.81 bits per heavy atom. The third kappa shape index (κ3) is 4.93. The first-order chi connectivity index (χ1) is 7.49. The Balaban J connectivity index is 2.23. The molecular formula is C12H26N2OS. The fourth-order valence-corrected chi connectivity index (χ4v) is 2.95. The Kier molecular flexibility index (Phi) is 5.94. The van der Waals surface area contributed by atoms with E-state index in [9.17, 15) is 4.21 Å². The van der Waals surface area contributed by atoms with Gasteiger partial charge in [0.2, 0.25) is 0 Å². The highest BCUT2D eigenvalue weighted by atomic mass is 32.2. The molecule has 1 rings (SSSR count). The molecule has 1 N–H and O–H groups in total. The lowest BCUT2D eigenvalue weighted by Gasteiger charge is -2.36. The number of rotatable bonds is 5. The van der Waals surface area contributed by atoms with Crippen LogP contribution in [0.4, 0.5) is 0 Å². The maximum absolute atomic E-state index is 11.0. The number of piperidine rings is 1. The van der Waals surface area contributed by atoms with Crippen LogP contribution in [0, 0.1) is 0 Å². The zero-order valence-corrected chi connectivity index (χ0v) is 11.8. The average Bonchev–Trinajstić information content (AvgIpc) is 2.21. The molecule has 0 spiro atoms. The molecule has 0 aromatic rings. The van der Waals surface area contributed by atoms with E-state index in [0.717, 1.165) is 12.2 Å². The molecule has 1 saturated heterocycles. The first-order valence-corrected chi connectivity index (χ1v) is 7.98. The molecule has 0 aromatic carbocycles.